The monoisotopic (exact) mass is 389 g/mol. The molecule has 19 heavy (non-hydrogen) atoms. The lowest BCUT2D eigenvalue weighted by Crippen LogP contribution is -2.15. The Morgan fingerprint density at radius 2 is 1.58 bits per heavy atom. The summed E-state index contributed by atoms with van der Waals surface area (Å²) in [5.41, 5.74) is 1.10. The van der Waals surface area contributed by atoms with E-state index in [9.17, 15) is 8.78 Å². The van der Waals surface area contributed by atoms with E-state index in [-0.39, 0.29) is 16.6 Å². The van der Waals surface area contributed by atoms with Gasteiger partial charge in [-0.1, -0.05) is 28.1 Å². The lowest BCUT2D eigenvalue weighted by atomic mass is 10.2. The van der Waals surface area contributed by atoms with Gasteiger partial charge in [0.1, 0.15) is 11.6 Å². The molecule has 5 heteroatoms. The van der Waals surface area contributed by atoms with Crippen LogP contribution >= 0.6 is 31.9 Å². The van der Waals surface area contributed by atoms with Gasteiger partial charge in [0.15, 0.2) is 0 Å². The van der Waals surface area contributed by atoms with Crippen LogP contribution in [-0.2, 0) is 13.1 Å². The topological polar surface area (TPSA) is 12.0 Å². The van der Waals surface area contributed by atoms with Crippen molar-refractivity contribution in [3.8, 4) is 0 Å². The van der Waals surface area contributed by atoms with E-state index >= 15 is 0 Å². The Hall–Kier alpha value is -0.780. The SMILES string of the molecule is Fc1ccc(Br)c(F)c1CNCc1ccc(Br)cc1. The van der Waals surface area contributed by atoms with Gasteiger partial charge < -0.3 is 5.32 Å². The minimum Gasteiger partial charge on any atom is -0.308 e. The first kappa shape index (κ1) is 14.6. The second-order valence-electron chi connectivity index (χ2n) is 4.05. The summed E-state index contributed by atoms with van der Waals surface area (Å²) in [5, 5.41) is 3.03. The van der Waals surface area contributed by atoms with Crippen LogP contribution in [0.1, 0.15) is 11.1 Å². The largest absolute Gasteiger partial charge is 0.308 e. The maximum Gasteiger partial charge on any atom is 0.144 e. The minimum absolute atomic E-state index is 0.0477. The first-order valence-corrected chi connectivity index (χ1v) is 7.24. The summed E-state index contributed by atoms with van der Waals surface area (Å²) in [5.74, 6) is -1.09. The molecule has 0 spiro atoms. The molecule has 0 unspecified atom stereocenters. The molecule has 1 N–H and O–H groups in total. The molecule has 0 aliphatic heterocycles. The second-order valence-corrected chi connectivity index (χ2v) is 5.82. The summed E-state index contributed by atoms with van der Waals surface area (Å²) in [4.78, 5) is 0. The van der Waals surface area contributed by atoms with E-state index in [0.29, 0.717) is 6.54 Å². The lowest BCUT2D eigenvalue weighted by molar-refractivity contribution is 0.532. The maximum absolute atomic E-state index is 13.7. The summed E-state index contributed by atoms with van der Waals surface area (Å²) in [6.45, 7) is 0.700. The molecule has 0 aliphatic carbocycles. The van der Waals surface area contributed by atoms with Crippen LogP contribution in [0.3, 0.4) is 0 Å². The fraction of sp³-hybridized carbons (Fsp3) is 0.143. The third kappa shape index (κ3) is 3.84. The van der Waals surface area contributed by atoms with E-state index in [4.69, 9.17) is 0 Å². The molecular weight excluding hydrogens is 380 g/mol. The van der Waals surface area contributed by atoms with Crippen LogP contribution in [0.15, 0.2) is 45.3 Å². The highest BCUT2D eigenvalue weighted by Gasteiger charge is 2.11. The van der Waals surface area contributed by atoms with Crippen LogP contribution in [0.2, 0.25) is 0 Å². The Morgan fingerprint density at radius 1 is 0.895 bits per heavy atom. The van der Waals surface area contributed by atoms with Crippen LogP contribution < -0.4 is 5.32 Å². The van der Waals surface area contributed by atoms with Gasteiger partial charge >= 0.3 is 0 Å². The molecule has 0 radical (unpaired) electrons. The van der Waals surface area contributed by atoms with Crippen LogP contribution in [0.4, 0.5) is 8.78 Å². The van der Waals surface area contributed by atoms with Crippen LogP contribution in [0.25, 0.3) is 0 Å². The Kier molecular flexibility index (Phi) is 5.07. The predicted octanol–water partition coefficient (Wildman–Crippen LogP) is 4.78. The van der Waals surface area contributed by atoms with E-state index in [2.05, 4.69) is 37.2 Å². The van der Waals surface area contributed by atoms with Crippen molar-refractivity contribution in [3.63, 3.8) is 0 Å². The van der Waals surface area contributed by atoms with Crippen LogP contribution in [-0.4, -0.2) is 0 Å². The summed E-state index contributed by atoms with van der Waals surface area (Å²) >= 11 is 6.40. The molecule has 2 aromatic carbocycles. The highest BCUT2D eigenvalue weighted by atomic mass is 79.9. The molecule has 2 aromatic rings. The van der Waals surface area contributed by atoms with Gasteiger partial charge in [0.05, 0.1) is 4.47 Å². The Labute approximate surface area is 127 Å². The number of rotatable bonds is 4. The summed E-state index contributed by atoms with van der Waals surface area (Å²) in [6.07, 6.45) is 0. The molecule has 0 amide bonds. The number of hydrogen-bond acceptors (Lipinski definition) is 1. The molecule has 0 aromatic heterocycles. The van der Waals surface area contributed by atoms with Crippen LogP contribution in [0.5, 0.6) is 0 Å². The standard InChI is InChI=1S/C14H11Br2F2N/c15-10-3-1-9(2-4-10)7-19-8-11-13(17)6-5-12(16)14(11)18/h1-6,19H,7-8H2. The van der Waals surface area contributed by atoms with Gasteiger partial charge in [-0.15, -0.1) is 0 Å². The summed E-state index contributed by atoms with van der Waals surface area (Å²) in [7, 11) is 0. The van der Waals surface area contributed by atoms with Gasteiger partial charge in [-0.05, 0) is 45.8 Å². The van der Waals surface area contributed by atoms with Crippen molar-refractivity contribution >= 4 is 31.9 Å². The maximum atomic E-state index is 13.7. The van der Waals surface area contributed by atoms with E-state index in [1.54, 1.807) is 0 Å². The first-order chi connectivity index (χ1) is 9.08. The number of nitrogens with one attached hydrogen (secondary N) is 1. The van der Waals surface area contributed by atoms with Gasteiger partial charge in [0.25, 0.3) is 0 Å². The normalized spacial score (nSPS) is 10.7. The van der Waals surface area contributed by atoms with E-state index in [1.165, 1.54) is 12.1 Å². The highest BCUT2D eigenvalue weighted by Crippen LogP contribution is 2.21. The van der Waals surface area contributed by atoms with Crippen molar-refractivity contribution in [2.45, 2.75) is 13.1 Å². The fourth-order valence-corrected chi connectivity index (χ4v) is 2.30. The quantitative estimate of drug-likeness (QED) is 0.740. The molecule has 100 valence electrons. The van der Waals surface area contributed by atoms with Crippen molar-refractivity contribution in [2.24, 2.45) is 0 Å². The zero-order chi connectivity index (χ0) is 13.8. The average Bonchev–Trinajstić information content (AvgIpc) is 2.40. The zero-order valence-electron chi connectivity index (χ0n) is 9.89. The van der Waals surface area contributed by atoms with E-state index in [0.717, 1.165) is 10.0 Å². The van der Waals surface area contributed by atoms with Crippen molar-refractivity contribution in [2.75, 3.05) is 0 Å². The molecule has 0 atom stereocenters. The fourth-order valence-electron chi connectivity index (χ4n) is 1.67. The zero-order valence-corrected chi connectivity index (χ0v) is 13.1. The lowest BCUT2D eigenvalue weighted by Gasteiger charge is -2.08. The molecule has 1 nitrogen and oxygen atoms in total. The molecule has 0 saturated carbocycles. The molecular formula is C14H11Br2F2N. The summed E-state index contributed by atoms with van der Waals surface area (Å²) < 4.78 is 28.5. The highest BCUT2D eigenvalue weighted by molar-refractivity contribution is 9.10. The molecule has 2 rings (SSSR count). The molecule has 0 saturated heterocycles. The van der Waals surface area contributed by atoms with E-state index in [1.807, 2.05) is 24.3 Å². The molecule has 0 fully saturated rings. The smallest absolute Gasteiger partial charge is 0.144 e. The van der Waals surface area contributed by atoms with Gasteiger partial charge in [-0.2, -0.15) is 0 Å². The first-order valence-electron chi connectivity index (χ1n) is 5.65. The second kappa shape index (κ2) is 6.59. The number of hydrogen-bond donors (Lipinski definition) is 1. The molecule has 0 aliphatic rings. The van der Waals surface area contributed by atoms with Crippen molar-refractivity contribution in [3.05, 3.63) is 68.1 Å². The number of benzene rings is 2. The Morgan fingerprint density at radius 3 is 2.26 bits per heavy atom. The summed E-state index contributed by atoms with van der Waals surface area (Å²) in [6, 6.07) is 10.4. The van der Waals surface area contributed by atoms with Crippen molar-refractivity contribution in [1.29, 1.82) is 0 Å². The number of halogens is 4. The Balaban J connectivity index is 2.00. The third-order valence-corrected chi connectivity index (χ3v) is 3.82. The molecule has 0 bridgehead atoms. The van der Waals surface area contributed by atoms with Crippen LogP contribution in [0, 0.1) is 11.6 Å². The predicted molar refractivity (Wildman–Crippen MR) is 78.7 cm³/mol. The minimum atomic E-state index is -0.552. The molecule has 0 heterocycles. The van der Waals surface area contributed by atoms with Crippen molar-refractivity contribution < 1.29 is 8.78 Å². The van der Waals surface area contributed by atoms with Gasteiger partial charge in [0, 0.05) is 23.1 Å². The van der Waals surface area contributed by atoms with Gasteiger partial charge in [0.2, 0.25) is 0 Å². The van der Waals surface area contributed by atoms with Gasteiger partial charge in [-0.3, -0.25) is 0 Å². The van der Waals surface area contributed by atoms with Gasteiger partial charge in [-0.25, -0.2) is 8.78 Å². The average molecular weight is 391 g/mol. The third-order valence-electron chi connectivity index (χ3n) is 2.68. The van der Waals surface area contributed by atoms with E-state index < -0.39 is 11.6 Å². The van der Waals surface area contributed by atoms with Crippen molar-refractivity contribution in [1.82, 2.24) is 5.32 Å². The Bertz CT molecular complexity index is 570.